The van der Waals surface area contributed by atoms with Crippen LogP contribution in [0.15, 0.2) is 77.3 Å². The summed E-state index contributed by atoms with van der Waals surface area (Å²) in [6, 6.07) is 22.1. The molecule has 1 atom stereocenters. The van der Waals surface area contributed by atoms with Crippen molar-refractivity contribution in [3.05, 3.63) is 99.5 Å². The second-order valence-electron chi connectivity index (χ2n) is 7.62. The highest BCUT2D eigenvalue weighted by atomic mass is 79.9. The number of aryl methyl sites for hydroxylation is 1. The van der Waals surface area contributed by atoms with Crippen LogP contribution in [0.3, 0.4) is 0 Å². The van der Waals surface area contributed by atoms with E-state index in [1.165, 1.54) is 0 Å². The molecule has 3 aromatic carbocycles. The van der Waals surface area contributed by atoms with Crippen molar-refractivity contribution in [3.8, 4) is 0 Å². The van der Waals surface area contributed by atoms with Gasteiger partial charge in [-0.15, -0.1) is 0 Å². The summed E-state index contributed by atoms with van der Waals surface area (Å²) in [7, 11) is 0. The van der Waals surface area contributed by atoms with Crippen molar-refractivity contribution in [2.45, 2.75) is 39.0 Å². The Kier molecular flexibility index (Phi) is 9.04. The van der Waals surface area contributed by atoms with Crippen LogP contribution in [-0.2, 0) is 29.1 Å². The molecule has 0 heterocycles. The predicted molar refractivity (Wildman–Crippen MR) is 134 cm³/mol. The Morgan fingerprint density at radius 2 is 1.76 bits per heavy atom. The van der Waals surface area contributed by atoms with Crippen LogP contribution in [0.1, 0.15) is 41.6 Å². The highest BCUT2D eigenvalue weighted by molar-refractivity contribution is 9.10. The number of carbonyl (C=O) groups is 2. The second-order valence-corrected chi connectivity index (χ2v) is 8.47. The van der Waals surface area contributed by atoms with Crippen LogP contribution >= 0.6 is 15.9 Å². The van der Waals surface area contributed by atoms with Gasteiger partial charge in [0, 0.05) is 16.7 Å². The van der Waals surface area contributed by atoms with Crippen LogP contribution < -0.4 is 16.4 Å². The average Bonchev–Trinajstić information content (AvgIpc) is 2.83. The quantitative estimate of drug-likeness (QED) is 0.356. The highest BCUT2D eigenvalue weighted by Gasteiger charge is 2.20. The number of benzene rings is 3. The van der Waals surface area contributed by atoms with Gasteiger partial charge in [-0.25, -0.2) is 4.79 Å². The van der Waals surface area contributed by atoms with Gasteiger partial charge < -0.3 is 21.1 Å². The smallest absolute Gasteiger partial charge is 0.407 e. The molecule has 0 bridgehead atoms. The van der Waals surface area contributed by atoms with E-state index in [1.54, 1.807) is 6.07 Å². The Bertz CT molecular complexity index is 1090. The third-order valence-corrected chi connectivity index (χ3v) is 5.94. The van der Waals surface area contributed by atoms with Gasteiger partial charge >= 0.3 is 6.09 Å². The van der Waals surface area contributed by atoms with Gasteiger partial charge in [0.15, 0.2) is 0 Å². The Balaban J connectivity index is 1.72. The van der Waals surface area contributed by atoms with Gasteiger partial charge in [0.25, 0.3) is 0 Å². The molecule has 0 fully saturated rings. The molecule has 4 N–H and O–H groups in total. The molecule has 6 nitrogen and oxygen atoms in total. The normalized spacial score (nSPS) is 11.5. The number of nitrogens with two attached hydrogens (primary N) is 1. The molecule has 0 saturated carbocycles. The standard InChI is InChI=1S/C26H28BrN3O3/c1-2-20-11-12-21(14-23(20)27)24(30-26(32)33-17-18-7-4-3-5-8-18)15-25(31)29-22-10-6-9-19(13-22)16-28/h3-14,24H,2,15-17,28H2,1H3,(H,29,31)(H,30,32)/t24-/m1/s1. The van der Waals surface area contributed by atoms with Crippen LogP contribution in [0.25, 0.3) is 0 Å². The minimum absolute atomic E-state index is 0.0468. The van der Waals surface area contributed by atoms with Crippen LogP contribution in [-0.4, -0.2) is 12.0 Å². The molecule has 0 saturated heterocycles. The van der Waals surface area contributed by atoms with E-state index in [0.717, 1.165) is 33.1 Å². The number of amides is 2. The first-order valence-electron chi connectivity index (χ1n) is 10.8. The number of halogens is 1. The zero-order valence-corrected chi connectivity index (χ0v) is 20.1. The highest BCUT2D eigenvalue weighted by Crippen LogP contribution is 2.25. The van der Waals surface area contributed by atoms with E-state index >= 15 is 0 Å². The molecule has 0 unspecified atom stereocenters. The first-order chi connectivity index (χ1) is 16.0. The van der Waals surface area contributed by atoms with E-state index in [9.17, 15) is 9.59 Å². The zero-order chi connectivity index (χ0) is 23.6. The van der Waals surface area contributed by atoms with Crippen LogP contribution in [0.2, 0.25) is 0 Å². The van der Waals surface area contributed by atoms with Gasteiger partial charge in [0.2, 0.25) is 5.91 Å². The molecular formula is C26H28BrN3O3. The van der Waals surface area contributed by atoms with Gasteiger partial charge in [0.1, 0.15) is 6.61 Å². The SMILES string of the molecule is CCc1ccc([C@@H](CC(=O)Nc2cccc(CN)c2)NC(=O)OCc2ccccc2)cc1Br. The van der Waals surface area contributed by atoms with Crippen molar-refractivity contribution in [3.63, 3.8) is 0 Å². The van der Waals surface area contributed by atoms with E-state index in [1.807, 2.05) is 66.7 Å². The first kappa shape index (κ1) is 24.5. The number of nitrogens with one attached hydrogen (secondary N) is 2. The molecule has 0 spiro atoms. The summed E-state index contributed by atoms with van der Waals surface area (Å²) >= 11 is 3.58. The van der Waals surface area contributed by atoms with E-state index in [0.29, 0.717) is 12.2 Å². The third kappa shape index (κ3) is 7.44. The lowest BCUT2D eigenvalue weighted by Crippen LogP contribution is -2.32. The Morgan fingerprint density at radius 3 is 2.45 bits per heavy atom. The van der Waals surface area contributed by atoms with Gasteiger partial charge in [-0.2, -0.15) is 0 Å². The molecule has 0 aliphatic heterocycles. The Labute approximate surface area is 202 Å². The van der Waals surface area contributed by atoms with Crippen molar-refractivity contribution < 1.29 is 14.3 Å². The number of hydrogen-bond acceptors (Lipinski definition) is 4. The lowest BCUT2D eigenvalue weighted by Gasteiger charge is -2.20. The molecule has 0 aromatic heterocycles. The molecule has 0 aliphatic carbocycles. The first-order valence-corrected chi connectivity index (χ1v) is 11.6. The number of alkyl carbamates (subject to hydrolysis) is 1. The van der Waals surface area contributed by atoms with Gasteiger partial charge in [0.05, 0.1) is 12.5 Å². The fourth-order valence-electron chi connectivity index (χ4n) is 3.40. The van der Waals surface area contributed by atoms with Crippen molar-refractivity contribution in [2.75, 3.05) is 5.32 Å². The summed E-state index contributed by atoms with van der Waals surface area (Å²) in [5.41, 5.74) is 10.1. The van der Waals surface area contributed by atoms with Crippen LogP contribution in [0.4, 0.5) is 10.5 Å². The lowest BCUT2D eigenvalue weighted by atomic mass is 10.0. The number of anilines is 1. The van der Waals surface area contributed by atoms with Crippen LogP contribution in [0, 0.1) is 0 Å². The minimum atomic E-state index is -0.586. The maximum Gasteiger partial charge on any atom is 0.407 e. The number of rotatable bonds is 9. The molecule has 3 rings (SSSR count). The van der Waals surface area contributed by atoms with Gasteiger partial charge in [-0.1, -0.05) is 77.5 Å². The van der Waals surface area contributed by atoms with E-state index in [4.69, 9.17) is 10.5 Å². The van der Waals surface area contributed by atoms with Crippen LogP contribution in [0.5, 0.6) is 0 Å². The minimum Gasteiger partial charge on any atom is -0.445 e. The molecule has 3 aromatic rings. The van der Waals surface area contributed by atoms with E-state index in [-0.39, 0.29) is 18.9 Å². The van der Waals surface area contributed by atoms with Gasteiger partial charge in [-0.3, -0.25) is 4.79 Å². The topological polar surface area (TPSA) is 93.5 Å². The van der Waals surface area contributed by atoms with Crippen molar-refractivity contribution >= 4 is 33.6 Å². The summed E-state index contributed by atoms with van der Waals surface area (Å²) in [5, 5.41) is 5.73. The maximum atomic E-state index is 12.8. The van der Waals surface area contributed by atoms with E-state index in [2.05, 4.69) is 33.5 Å². The fraction of sp³-hybridized carbons (Fsp3) is 0.231. The molecule has 172 valence electrons. The molecule has 33 heavy (non-hydrogen) atoms. The maximum absolute atomic E-state index is 12.8. The molecule has 0 aliphatic rings. The molecule has 2 amide bonds. The molecular weight excluding hydrogens is 482 g/mol. The Hall–Kier alpha value is -3.16. The summed E-state index contributed by atoms with van der Waals surface area (Å²) in [5.74, 6) is -0.228. The summed E-state index contributed by atoms with van der Waals surface area (Å²) < 4.78 is 6.31. The average molecular weight is 510 g/mol. The molecule has 0 radical (unpaired) electrons. The number of ether oxygens (including phenoxy) is 1. The van der Waals surface area contributed by atoms with Crippen molar-refractivity contribution in [1.29, 1.82) is 0 Å². The lowest BCUT2D eigenvalue weighted by molar-refractivity contribution is -0.116. The zero-order valence-electron chi connectivity index (χ0n) is 18.5. The fourth-order valence-corrected chi connectivity index (χ4v) is 4.08. The summed E-state index contributed by atoms with van der Waals surface area (Å²) in [6.07, 6.45) is 0.332. The third-order valence-electron chi connectivity index (χ3n) is 5.20. The Morgan fingerprint density at radius 1 is 1.00 bits per heavy atom. The van der Waals surface area contributed by atoms with Crippen molar-refractivity contribution in [2.24, 2.45) is 5.73 Å². The summed E-state index contributed by atoms with van der Waals surface area (Å²) in [6.45, 7) is 2.61. The number of carbonyl (C=O) groups excluding carboxylic acids is 2. The summed E-state index contributed by atoms with van der Waals surface area (Å²) in [4.78, 5) is 25.4. The largest absolute Gasteiger partial charge is 0.445 e. The monoisotopic (exact) mass is 509 g/mol. The molecule has 7 heteroatoms. The predicted octanol–water partition coefficient (Wildman–Crippen LogP) is 5.47. The number of hydrogen-bond donors (Lipinski definition) is 3. The van der Waals surface area contributed by atoms with Crippen molar-refractivity contribution in [1.82, 2.24) is 5.32 Å². The van der Waals surface area contributed by atoms with E-state index < -0.39 is 12.1 Å². The second kappa shape index (κ2) is 12.2. The van der Waals surface area contributed by atoms with Gasteiger partial charge in [-0.05, 0) is 46.9 Å².